The summed E-state index contributed by atoms with van der Waals surface area (Å²) in [5, 5.41) is -2.05. The molecule has 3 aliphatic rings. The summed E-state index contributed by atoms with van der Waals surface area (Å²) >= 11 is 0. The maximum atomic E-state index is 10.6. The van der Waals surface area contributed by atoms with Crippen LogP contribution in [0.1, 0.15) is 63.3 Å². The van der Waals surface area contributed by atoms with Gasteiger partial charge in [0.2, 0.25) is 0 Å². The normalized spacial score (nSPS) is 20.1. The van der Waals surface area contributed by atoms with Crippen LogP contribution in [0.25, 0.3) is 71.5 Å². The molecule has 11 aromatic rings. The molecule has 3 aliphatic heterocycles. The van der Waals surface area contributed by atoms with Gasteiger partial charge in [0.25, 0.3) is 6.71 Å². The van der Waals surface area contributed by atoms with Crippen molar-refractivity contribution in [1.82, 2.24) is 4.57 Å². The Labute approximate surface area is 384 Å². The van der Waals surface area contributed by atoms with E-state index in [1.807, 2.05) is 0 Å². The first kappa shape index (κ1) is 16.3. The highest BCUT2D eigenvalue weighted by Gasteiger charge is 2.49. The Morgan fingerprint density at radius 1 is 0.500 bits per heavy atom. The van der Waals surface area contributed by atoms with Gasteiger partial charge < -0.3 is 23.2 Å². The summed E-state index contributed by atoms with van der Waals surface area (Å²) in [7, 11) is 0. The Bertz CT molecular complexity index is 5250. The van der Waals surface area contributed by atoms with E-state index in [4.69, 9.17) is 23.9 Å². The zero-order chi connectivity index (χ0) is 63.1. The van der Waals surface area contributed by atoms with Crippen LogP contribution >= 0.6 is 0 Å². The van der Waals surface area contributed by atoms with Crippen LogP contribution in [0.3, 0.4) is 0 Å². The number of fused-ring (bicyclic) bond motifs is 14. The second-order valence-corrected chi connectivity index (χ2v) is 15.6. The predicted molar refractivity (Wildman–Crippen MR) is 250 cm³/mol. The molecular formula is C54H36BN3O2. The third-order valence-electron chi connectivity index (χ3n) is 11.3. The molecule has 0 unspecified atom stereocenters. The molecule has 5 nitrogen and oxygen atoms in total. The number of anilines is 6. The van der Waals surface area contributed by atoms with Crippen LogP contribution in [0.2, 0.25) is 0 Å². The number of para-hydroxylation sites is 5. The lowest BCUT2D eigenvalue weighted by atomic mass is 9.35. The van der Waals surface area contributed by atoms with Crippen molar-refractivity contribution in [2.75, 3.05) is 9.80 Å². The van der Waals surface area contributed by atoms with Crippen LogP contribution in [0.5, 0.6) is 0 Å². The minimum atomic E-state index is -1.84. The smallest absolute Gasteiger partial charge is 0.297 e. The van der Waals surface area contributed by atoms with Crippen molar-refractivity contribution in [1.29, 1.82) is 0 Å². The van der Waals surface area contributed by atoms with Gasteiger partial charge in [-0.3, -0.25) is 0 Å². The van der Waals surface area contributed by atoms with Gasteiger partial charge in [-0.1, -0.05) is 130 Å². The number of benzene rings is 8. The molecule has 14 rings (SSSR count). The average Bonchev–Trinajstić information content (AvgIpc) is 1.66. The summed E-state index contributed by atoms with van der Waals surface area (Å²) in [6.45, 7) is 3.04. The second kappa shape index (κ2) is 11.2. The number of rotatable bonds is 2. The van der Waals surface area contributed by atoms with E-state index in [0.717, 1.165) is 9.47 Å². The molecule has 0 aliphatic carbocycles. The molecule has 0 N–H and O–H groups in total. The maximum Gasteiger partial charge on any atom is 0.297 e. The van der Waals surface area contributed by atoms with Crippen LogP contribution in [-0.4, -0.2) is 11.3 Å². The van der Waals surface area contributed by atoms with E-state index in [1.54, 1.807) is 20.8 Å². The summed E-state index contributed by atoms with van der Waals surface area (Å²) in [4.78, 5) is 2.29. The fraction of sp³-hybridized carbons (Fsp3) is 0.0741. The van der Waals surface area contributed by atoms with Gasteiger partial charge in [0.05, 0.1) is 82.1 Å². The Morgan fingerprint density at radius 2 is 1.17 bits per heavy atom. The SMILES string of the molecule is [2H]c1c([2H])c([2H])c(-c2c([2H])c([2H])c3oc4c(c3c2[2H])N(c2c([2H])c([2H])c([2H])c3c2oc2c([2H])c([2H])c([2H])c([2H])c23)c2c([2H])c(C(C)(C)C)c([2H])c3c2B4c2c([2H])c([2H])c([2H])c4c2N3c2c([2H])c([2H])c([2H])c3c5c([2H])c([2H])c([2H])c([2H])c5n-4c23)c([2H])c1[2H]. The first-order chi connectivity index (χ1) is 40.7. The quantitative estimate of drug-likeness (QED) is 0.163. The van der Waals surface area contributed by atoms with E-state index < -0.39 is 242 Å². The van der Waals surface area contributed by atoms with Gasteiger partial charge in [-0.2, -0.15) is 0 Å². The van der Waals surface area contributed by atoms with E-state index in [9.17, 15) is 21.9 Å². The van der Waals surface area contributed by atoms with Gasteiger partial charge in [0.15, 0.2) is 5.58 Å². The first-order valence-corrected chi connectivity index (χ1v) is 18.7. The number of aromatic nitrogens is 1. The van der Waals surface area contributed by atoms with Gasteiger partial charge >= 0.3 is 0 Å². The van der Waals surface area contributed by atoms with E-state index in [1.165, 1.54) is 4.90 Å². The summed E-state index contributed by atoms with van der Waals surface area (Å²) in [6.07, 6.45) is 0. The summed E-state index contributed by atoms with van der Waals surface area (Å²) < 4.78 is 267. The fourth-order valence-electron chi connectivity index (χ4n) is 8.84. The molecule has 0 amide bonds. The first-order valence-electron chi connectivity index (χ1n) is 32.2. The third kappa shape index (κ3) is 4.03. The number of hydrogen-bond acceptors (Lipinski definition) is 4. The molecule has 0 fully saturated rings. The maximum absolute atomic E-state index is 10.6. The van der Waals surface area contributed by atoms with Crippen molar-refractivity contribution in [2.24, 2.45) is 0 Å². The zero-order valence-corrected chi connectivity index (χ0v) is 31.2. The monoisotopic (exact) mass is 796 g/mol. The van der Waals surface area contributed by atoms with Crippen LogP contribution in [0, 0.1) is 0 Å². The summed E-state index contributed by atoms with van der Waals surface area (Å²) in [5.41, 5.74) is -9.47. The Hall–Kier alpha value is -7.44. The molecule has 60 heavy (non-hydrogen) atoms. The highest BCUT2D eigenvalue weighted by atomic mass is 16.3. The minimum absolute atomic E-state index is 0.150. The number of hydrogen-bond donors (Lipinski definition) is 0. The molecule has 0 spiro atoms. The van der Waals surface area contributed by atoms with Crippen LogP contribution in [-0.2, 0) is 5.41 Å². The summed E-state index contributed by atoms with van der Waals surface area (Å²) in [6, 6.07) is -21.2. The summed E-state index contributed by atoms with van der Waals surface area (Å²) in [5.74, 6) is 0. The lowest BCUT2D eigenvalue weighted by molar-refractivity contribution is 0.590. The van der Waals surface area contributed by atoms with Crippen molar-refractivity contribution >= 4 is 112 Å². The highest BCUT2D eigenvalue weighted by molar-refractivity contribution is 7.00. The topological polar surface area (TPSA) is 37.7 Å². The molecule has 0 saturated carbocycles. The molecule has 0 radical (unpaired) electrons. The van der Waals surface area contributed by atoms with Gasteiger partial charge in [0.1, 0.15) is 11.2 Å². The molecule has 3 aromatic heterocycles. The van der Waals surface area contributed by atoms with E-state index >= 15 is 0 Å². The van der Waals surface area contributed by atoms with E-state index in [2.05, 4.69) is 0 Å². The van der Waals surface area contributed by atoms with Crippen molar-refractivity contribution in [3.8, 4) is 16.8 Å². The number of furan rings is 2. The zero-order valence-electron chi connectivity index (χ0n) is 58.2. The Morgan fingerprint density at radius 3 is 2.00 bits per heavy atom. The minimum Gasteiger partial charge on any atom is -0.468 e. The second-order valence-electron chi connectivity index (χ2n) is 15.6. The Kier molecular flexibility index (Phi) is 3.04. The molecule has 282 valence electrons. The molecule has 0 atom stereocenters. The van der Waals surface area contributed by atoms with Crippen molar-refractivity contribution in [3.05, 3.63) is 169 Å². The average molecular weight is 797 g/mol. The molecular weight excluding hydrogens is 733 g/mol. The van der Waals surface area contributed by atoms with Gasteiger partial charge in [-0.25, -0.2) is 0 Å². The molecule has 8 aromatic carbocycles. The van der Waals surface area contributed by atoms with Crippen molar-refractivity contribution < 1.29 is 45.8 Å². The van der Waals surface area contributed by atoms with E-state index in [0.29, 0.717) is 0 Å². The van der Waals surface area contributed by atoms with Gasteiger partial charge in [-0.15, -0.1) is 0 Å². The van der Waals surface area contributed by atoms with Crippen LogP contribution in [0.4, 0.5) is 34.1 Å². The standard InChI is InChI=1S/C54H36BN3O2/c1-54(2,3)33-29-44-48-45(30-33)58(43-24-12-19-37-35-17-8-10-25-46(35)59-52(37)43)50-38-28-32(31-14-5-4-6-15-31)26-27-47(38)60-53(50)55(48)39-20-13-23-42-51(39)57(44)41-22-11-18-36-34-16-7-9-21-40(34)56(42)49(36)41/h4-30H,1-3H3/i4D,5D,6D,7D,8D,9D,10D,11D,12D,13D,14D,15D,16D,17D,18D,19D,20D,21D,22D,23D,24D,25D,26D,27D,28D,29D,30D. The van der Waals surface area contributed by atoms with Gasteiger partial charge in [0, 0.05) is 38.3 Å². The van der Waals surface area contributed by atoms with Crippen LogP contribution in [0.15, 0.2) is 172 Å². The molecule has 0 bridgehead atoms. The lowest BCUT2D eigenvalue weighted by Gasteiger charge is -2.45. The van der Waals surface area contributed by atoms with Gasteiger partial charge in [-0.05, 0) is 87.4 Å². The van der Waals surface area contributed by atoms with Crippen molar-refractivity contribution in [2.45, 2.75) is 26.2 Å². The predicted octanol–water partition coefficient (Wildman–Crippen LogP) is 12.8. The van der Waals surface area contributed by atoms with Crippen LogP contribution < -0.4 is 26.4 Å². The molecule has 6 heteroatoms. The third-order valence-corrected chi connectivity index (χ3v) is 11.3. The Balaban J connectivity index is 1.29. The number of nitrogens with zero attached hydrogens (tertiary/aromatic N) is 3. The lowest BCUT2D eigenvalue weighted by Crippen LogP contribution is -2.61. The molecule has 6 heterocycles. The molecule has 0 saturated heterocycles. The van der Waals surface area contributed by atoms with Crippen molar-refractivity contribution in [3.63, 3.8) is 0 Å². The largest absolute Gasteiger partial charge is 0.468 e. The van der Waals surface area contributed by atoms with E-state index in [-0.39, 0.29) is 61.0 Å². The fourth-order valence-corrected chi connectivity index (χ4v) is 8.84. The highest BCUT2D eigenvalue weighted by Crippen LogP contribution is 2.54.